The van der Waals surface area contributed by atoms with Crippen LogP contribution >= 0.6 is 0 Å². The zero-order chi connectivity index (χ0) is 27.3. The summed E-state index contributed by atoms with van der Waals surface area (Å²) in [6, 6.07) is 6.27. The van der Waals surface area contributed by atoms with Crippen molar-refractivity contribution in [3.8, 4) is 0 Å². The van der Waals surface area contributed by atoms with Gasteiger partial charge < -0.3 is 19.5 Å². The molecule has 0 atom stereocenters. The molecule has 0 aliphatic heterocycles. The molecule has 2 aromatic rings. The Kier molecular flexibility index (Phi) is 10.1. The molecule has 1 N–H and O–H groups in total. The fourth-order valence-electron chi connectivity index (χ4n) is 4.71. The number of nitrogens with zero attached hydrogens (tertiary/aromatic N) is 4. The first-order valence-corrected chi connectivity index (χ1v) is 21.1. The number of fused-ring (bicyclic) bond motifs is 1. The number of rotatable bonds is 14. The lowest BCUT2D eigenvalue weighted by molar-refractivity contribution is -0.131. The van der Waals surface area contributed by atoms with E-state index in [4.69, 9.17) is 14.5 Å². The second-order valence-corrected chi connectivity index (χ2v) is 24.4. The van der Waals surface area contributed by atoms with E-state index in [-0.39, 0.29) is 18.3 Å². The quantitative estimate of drug-likeness (QED) is 0.192. The summed E-state index contributed by atoms with van der Waals surface area (Å²) >= 11 is 0. The van der Waals surface area contributed by atoms with Gasteiger partial charge in [0.15, 0.2) is 5.65 Å². The Morgan fingerprint density at radius 2 is 1.65 bits per heavy atom. The summed E-state index contributed by atoms with van der Waals surface area (Å²) in [5.74, 6) is 1.24. The lowest BCUT2D eigenvalue weighted by atomic mass is 9.68. The Morgan fingerprint density at radius 1 is 1.08 bits per heavy atom. The highest BCUT2D eigenvalue weighted by molar-refractivity contribution is 6.76. The summed E-state index contributed by atoms with van der Waals surface area (Å²) in [6.07, 6.45) is 4.81. The van der Waals surface area contributed by atoms with Crippen molar-refractivity contribution in [1.29, 1.82) is 0 Å². The number of hydrogen-bond donors (Lipinski definition) is 1. The van der Waals surface area contributed by atoms with Gasteiger partial charge in [-0.2, -0.15) is 9.61 Å². The second kappa shape index (κ2) is 12.5. The molecular weight excluding hydrogens is 500 g/mol. The molecule has 8 nitrogen and oxygen atoms in total. The van der Waals surface area contributed by atoms with E-state index >= 15 is 0 Å². The van der Waals surface area contributed by atoms with Crippen molar-refractivity contribution in [2.24, 2.45) is 5.41 Å². The molecule has 0 amide bonds. The Bertz CT molecular complexity index is 1000. The van der Waals surface area contributed by atoms with E-state index in [0.717, 1.165) is 55.3 Å². The molecule has 2 heterocycles. The first kappa shape index (κ1) is 30.0. The van der Waals surface area contributed by atoms with Gasteiger partial charge in [-0.3, -0.25) is 4.79 Å². The Balaban J connectivity index is 1.82. The number of carbonyl (C=O) groups is 1. The van der Waals surface area contributed by atoms with Gasteiger partial charge in [-0.1, -0.05) is 39.3 Å². The van der Waals surface area contributed by atoms with E-state index in [9.17, 15) is 9.90 Å². The fourth-order valence-corrected chi connectivity index (χ4v) is 6.23. The fraction of sp³-hybridized carbons (Fsp3) is 0.741. The van der Waals surface area contributed by atoms with Gasteiger partial charge in [-0.15, -0.1) is 0 Å². The third kappa shape index (κ3) is 8.44. The molecule has 0 saturated heterocycles. The largest absolute Gasteiger partial charge is 0.395 e. The lowest BCUT2D eigenvalue weighted by Crippen LogP contribution is -2.37. The smallest absolute Gasteiger partial charge is 0.157 e. The van der Waals surface area contributed by atoms with Gasteiger partial charge in [0.2, 0.25) is 0 Å². The minimum atomic E-state index is -1.19. The number of carbonyl (C=O) groups excluding carboxylic acids is 1. The minimum Gasteiger partial charge on any atom is -0.395 e. The van der Waals surface area contributed by atoms with Crippen molar-refractivity contribution in [3.05, 3.63) is 24.0 Å². The molecule has 0 bridgehead atoms. The maximum absolute atomic E-state index is 12.2. The minimum absolute atomic E-state index is 0.0767. The van der Waals surface area contributed by atoms with Gasteiger partial charge in [0.1, 0.15) is 25.1 Å². The van der Waals surface area contributed by atoms with Crippen LogP contribution in [0.2, 0.25) is 51.4 Å². The summed E-state index contributed by atoms with van der Waals surface area (Å²) in [5.41, 5.74) is 1.21. The van der Waals surface area contributed by atoms with E-state index in [1.165, 1.54) is 0 Å². The summed E-state index contributed by atoms with van der Waals surface area (Å²) in [7, 11) is -2.38. The van der Waals surface area contributed by atoms with Gasteiger partial charge in [0.05, 0.1) is 18.2 Å². The Labute approximate surface area is 224 Å². The number of aliphatic hydroxyl groups excluding tert-OH is 1. The molecule has 1 fully saturated rings. The monoisotopic (exact) mass is 548 g/mol. The number of aliphatic hydroxyl groups is 1. The number of ether oxygens (including phenoxy) is 2. The molecule has 0 unspecified atom stereocenters. The number of Topliss-reactive ketones (excluding diaryl/α,β-unsaturated/α-hetero) is 1. The molecule has 1 aliphatic rings. The van der Waals surface area contributed by atoms with Crippen LogP contribution in [0.3, 0.4) is 0 Å². The molecule has 208 valence electrons. The van der Waals surface area contributed by atoms with Gasteiger partial charge in [-0.25, -0.2) is 4.98 Å². The SMILES string of the molecule is CC(=O)C1(CO)CCC(c2cc(N(COCC[Si](C)(C)C)COCC[Si](C)(C)C)n3nccc3n2)CC1. The standard InChI is InChI=1S/C27H48N4O4Si2/c1-22(33)27(19-32)11-8-23(9-12-27)24-18-26(31-25(29-24)10-13-28-31)30(20-34-14-16-36(2,3)4)21-35-15-17-37(5,6)7/h10,13,18,23,32H,8-9,11-12,14-17,19-21H2,1-7H3. The molecule has 0 aromatic carbocycles. The van der Waals surface area contributed by atoms with Crippen LogP contribution in [0.5, 0.6) is 0 Å². The molecule has 0 spiro atoms. The lowest BCUT2D eigenvalue weighted by Gasteiger charge is -2.37. The van der Waals surface area contributed by atoms with E-state index < -0.39 is 21.6 Å². The maximum atomic E-state index is 12.2. The molecule has 2 aromatic heterocycles. The number of ketones is 1. The summed E-state index contributed by atoms with van der Waals surface area (Å²) in [5, 5.41) is 14.5. The van der Waals surface area contributed by atoms with E-state index in [0.29, 0.717) is 26.3 Å². The average molecular weight is 549 g/mol. The zero-order valence-corrected chi connectivity index (χ0v) is 26.0. The third-order valence-corrected chi connectivity index (χ3v) is 11.0. The van der Waals surface area contributed by atoms with Crippen LogP contribution < -0.4 is 4.90 Å². The number of aromatic nitrogens is 3. The highest BCUT2D eigenvalue weighted by Crippen LogP contribution is 2.43. The van der Waals surface area contributed by atoms with Crippen LogP contribution in [0.4, 0.5) is 5.82 Å². The molecule has 37 heavy (non-hydrogen) atoms. The summed E-state index contributed by atoms with van der Waals surface area (Å²) in [6.45, 7) is 18.0. The predicted molar refractivity (Wildman–Crippen MR) is 155 cm³/mol. The molecule has 0 radical (unpaired) electrons. The highest BCUT2D eigenvalue weighted by Gasteiger charge is 2.39. The van der Waals surface area contributed by atoms with E-state index in [1.807, 2.05) is 10.6 Å². The van der Waals surface area contributed by atoms with Crippen LogP contribution in [0.25, 0.3) is 5.65 Å². The van der Waals surface area contributed by atoms with Crippen LogP contribution in [-0.2, 0) is 14.3 Å². The zero-order valence-electron chi connectivity index (χ0n) is 24.0. The van der Waals surface area contributed by atoms with Crippen molar-refractivity contribution < 1.29 is 19.4 Å². The molecule has 1 aliphatic carbocycles. The van der Waals surface area contributed by atoms with Crippen molar-refractivity contribution in [1.82, 2.24) is 14.6 Å². The maximum Gasteiger partial charge on any atom is 0.157 e. The third-order valence-electron chi connectivity index (χ3n) is 7.58. The summed E-state index contributed by atoms with van der Waals surface area (Å²) < 4.78 is 14.2. The van der Waals surface area contributed by atoms with Crippen molar-refractivity contribution in [2.45, 2.75) is 89.9 Å². The molecular formula is C27H48N4O4Si2. The predicted octanol–water partition coefficient (Wildman–Crippen LogP) is 5.39. The van der Waals surface area contributed by atoms with Crippen LogP contribution in [-0.4, -0.2) is 74.9 Å². The number of hydrogen-bond acceptors (Lipinski definition) is 7. The molecule has 3 rings (SSSR count). The van der Waals surface area contributed by atoms with Crippen molar-refractivity contribution in [2.75, 3.05) is 38.2 Å². The van der Waals surface area contributed by atoms with Crippen molar-refractivity contribution in [3.63, 3.8) is 0 Å². The molecule has 10 heteroatoms. The molecule has 1 saturated carbocycles. The normalized spacial score (nSPS) is 20.9. The van der Waals surface area contributed by atoms with Gasteiger partial charge in [0, 0.05) is 53.1 Å². The second-order valence-electron chi connectivity index (χ2n) is 13.1. The van der Waals surface area contributed by atoms with Crippen LogP contribution in [0.1, 0.15) is 44.2 Å². The van der Waals surface area contributed by atoms with Crippen molar-refractivity contribution >= 4 is 33.4 Å². The van der Waals surface area contributed by atoms with E-state index in [1.54, 1.807) is 13.1 Å². The van der Waals surface area contributed by atoms with Crippen LogP contribution in [0, 0.1) is 5.41 Å². The number of anilines is 1. The topological polar surface area (TPSA) is 89.2 Å². The van der Waals surface area contributed by atoms with Crippen LogP contribution in [0.15, 0.2) is 18.3 Å². The first-order chi connectivity index (χ1) is 17.3. The van der Waals surface area contributed by atoms with Gasteiger partial charge in [0.25, 0.3) is 0 Å². The Hall–Kier alpha value is -1.60. The highest BCUT2D eigenvalue weighted by atomic mass is 28.3. The Morgan fingerprint density at radius 3 is 2.14 bits per heavy atom. The van der Waals surface area contributed by atoms with Gasteiger partial charge >= 0.3 is 0 Å². The first-order valence-electron chi connectivity index (χ1n) is 13.7. The summed E-state index contributed by atoms with van der Waals surface area (Å²) in [4.78, 5) is 19.3. The van der Waals surface area contributed by atoms with Gasteiger partial charge in [-0.05, 0) is 44.7 Å². The average Bonchev–Trinajstić information content (AvgIpc) is 3.30. The van der Waals surface area contributed by atoms with E-state index in [2.05, 4.69) is 55.3 Å².